The number of furan rings is 1. The third-order valence-corrected chi connectivity index (χ3v) is 7.19. The number of nitrogens with one attached hydrogen (secondary N) is 1. The third kappa shape index (κ3) is 4.71. The van der Waals surface area contributed by atoms with E-state index in [9.17, 15) is 4.79 Å². The lowest BCUT2D eigenvalue weighted by molar-refractivity contribution is 0.0921. The molecule has 4 heteroatoms. The number of carbonyl (C=O) groups excluding carboxylic acids is 1. The number of fused-ring (bicyclic) bond motifs is 1. The van der Waals surface area contributed by atoms with E-state index in [0.717, 1.165) is 17.1 Å². The number of methoxy groups -OCH3 is 1. The van der Waals surface area contributed by atoms with Gasteiger partial charge in [0, 0.05) is 18.5 Å². The van der Waals surface area contributed by atoms with Crippen LogP contribution in [0.3, 0.4) is 0 Å². The molecule has 0 spiro atoms. The summed E-state index contributed by atoms with van der Waals surface area (Å²) in [4.78, 5) is 12.7. The summed E-state index contributed by atoms with van der Waals surface area (Å²) in [6, 6.07) is 16.1. The Kier molecular flexibility index (Phi) is 6.13. The lowest BCUT2D eigenvalue weighted by Gasteiger charge is -2.42. The van der Waals surface area contributed by atoms with Crippen molar-refractivity contribution >= 4 is 5.91 Å². The van der Waals surface area contributed by atoms with Gasteiger partial charge in [-0.25, -0.2) is 0 Å². The van der Waals surface area contributed by atoms with Crippen LogP contribution in [0.25, 0.3) is 0 Å². The van der Waals surface area contributed by atoms with Gasteiger partial charge in [-0.15, -0.1) is 0 Å². The molecule has 1 heterocycles. The van der Waals surface area contributed by atoms with Gasteiger partial charge in [0.15, 0.2) is 5.76 Å². The van der Waals surface area contributed by atoms with Crippen molar-refractivity contribution in [1.29, 1.82) is 0 Å². The van der Waals surface area contributed by atoms with Gasteiger partial charge < -0.3 is 14.5 Å². The number of carbonyl (C=O) groups is 1. The monoisotopic (exact) mass is 445 g/mol. The Bertz CT molecular complexity index is 1170. The molecule has 174 valence electrons. The first-order valence-electron chi connectivity index (χ1n) is 11.7. The van der Waals surface area contributed by atoms with Crippen LogP contribution in [0, 0.1) is 6.92 Å². The summed E-state index contributed by atoms with van der Waals surface area (Å²) >= 11 is 0. The van der Waals surface area contributed by atoms with Crippen LogP contribution in [0.4, 0.5) is 0 Å². The van der Waals surface area contributed by atoms with Crippen LogP contribution in [0.5, 0.6) is 5.75 Å². The van der Waals surface area contributed by atoms with Crippen molar-refractivity contribution < 1.29 is 13.9 Å². The Hall–Kier alpha value is -3.01. The van der Waals surface area contributed by atoms with Crippen LogP contribution in [-0.4, -0.2) is 13.0 Å². The van der Waals surface area contributed by atoms with Gasteiger partial charge in [-0.3, -0.25) is 4.79 Å². The van der Waals surface area contributed by atoms with Crippen LogP contribution in [0.15, 0.2) is 52.9 Å². The number of rotatable bonds is 6. The molecule has 33 heavy (non-hydrogen) atoms. The number of amides is 1. The highest BCUT2D eigenvalue weighted by Crippen LogP contribution is 2.46. The van der Waals surface area contributed by atoms with Crippen molar-refractivity contribution in [2.75, 3.05) is 7.11 Å². The average Bonchev–Trinajstić information content (AvgIpc) is 3.25. The van der Waals surface area contributed by atoms with Gasteiger partial charge >= 0.3 is 0 Å². The van der Waals surface area contributed by atoms with E-state index in [4.69, 9.17) is 9.15 Å². The summed E-state index contributed by atoms with van der Waals surface area (Å²) in [5.41, 5.74) is 6.74. The van der Waals surface area contributed by atoms with Crippen molar-refractivity contribution in [3.8, 4) is 5.75 Å². The van der Waals surface area contributed by atoms with Crippen molar-refractivity contribution in [2.45, 2.75) is 71.3 Å². The smallest absolute Gasteiger partial charge is 0.287 e. The van der Waals surface area contributed by atoms with Crippen LogP contribution in [0.2, 0.25) is 0 Å². The Morgan fingerprint density at radius 2 is 1.64 bits per heavy atom. The maximum Gasteiger partial charge on any atom is 0.287 e. The molecule has 0 atom stereocenters. The molecule has 0 saturated heterocycles. The molecule has 0 aliphatic heterocycles. The van der Waals surface area contributed by atoms with Gasteiger partial charge in [0.2, 0.25) is 0 Å². The fourth-order valence-corrected chi connectivity index (χ4v) is 4.85. The number of ether oxygens (including phenoxy) is 1. The summed E-state index contributed by atoms with van der Waals surface area (Å²) in [7, 11) is 1.63. The number of hydrogen-bond acceptors (Lipinski definition) is 3. The summed E-state index contributed by atoms with van der Waals surface area (Å²) in [6.45, 7) is 11.9. The summed E-state index contributed by atoms with van der Waals surface area (Å²) in [5, 5.41) is 2.93. The second-order valence-electron chi connectivity index (χ2n) is 10.5. The summed E-state index contributed by atoms with van der Waals surface area (Å²) < 4.78 is 11.3. The van der Waals surface area contributed by atoms with E-state index in [2.05, 4.69) is 52.1 Å². The molecule has 2 aromatic carbocycles. The van der Waals surface area contributed by atoms with Crippen molar-refractivity contribution in [3.63, 3.8) is 0 Å². The molecular weight excluding hydrogens is 410 g/mol. The Balaban J connectivity index is 1.50. The molecule has 1 N–H and O–H groups in total. The number of para-hydroxylation sites is 1. The third-order valence-electron chi connectivity index (χ3n) is 7.19. The van der Waals surface area contributed by atoms with Gasteiger partial charge in [0.25, 0.3) is 5.91 Å². The quantitative estimate of drug-likeness (QED) is 0.473. The average molecular weight is 446 g/mol. The first-order chi connectivity index (χ1) is 15.6. The molecule has 0 radical (unpaired) electrons. The fraction of sp³-hybridized carbons (Fsp3) is 0.414. The van der Waals surface area contributed by atoms with Crippen LogP contribution < -0.4 is 10.1 Å². The zero-order valence-electron chi connectivity index (χ0n) is 20.7. The van der Waals surface area contributed by atoms with Gasteiger partial charge in [-0.05, 0) is 71.0 Å². The van der Waals surface area contributed by atoms with E-state index < -0.39 is 0 Å². The highest BCUT2D eigenvalue weighted by atomic mass is 16.5. The Morgan fingerprint density at radius 3 is 2.33 bits per heavy atom. The first kappa shape index (κ1) is 23.2. The second-order valence-corrected chi connectivity index (χ2v) is 10.5. The molecule has 0 saturated carbocycles. The molecule has 0 bridgehead atoms. The first-order valence-corrected chi connectivity index (χ1v) is 11.7. The van der Waals surface area contributed by atoms with Crippen LogP contribution >= 0.6 is 0 Å². The lowest BCUT2D eigenvalue weighted by Crippen LogP contribution is -2.34. The number of hydrogen-bond donors (Lipinski definition) is 1. The van der Waals surface area contributed by atoms with Gasteiger partial charge in [-0.2, -0.15) is 0 Å². The maximum absolute atomic E-state index is 12.7. The number of benzene rings is 2. The maximum atomic E-state index is 12.7. The SMILES string of the molecule is COc1ccccc1CNC(=O)c1ccc(Cc2cc3c(cc2C)C(C)(C)CCC3(C)C)o1. The molecule has 4 nitrogen and oxygen atoms in total. The zero-order valence-corrected chi connectivity index (χ0v) is 20.7. The molecule has 1 aliphatic carbocycles. The Morgan fingerprint density at radius 1 is 0.970 bits per heavy atom. The minimum absolute atomic E-state index is 0.167. The zero-order chi connectivity index (χ0) is 23.8. The summed E-state index contributed by atoms with van der Waals surface area (Å²) in [6.07, 6.45) is 3.07. The van der Waals surface area contributed by atoms with E-state index in [0.29, 0.717) is 18.7 Å². The van der Waals surface area contributed by atoms with E-state index >= 15 is 0 Å². The molecule has 4 rings (SSSR count). The van der Waals surface area contributed by atoms with Crippen LogP contribution in [0.1, 0.15) is 84.7 Å². The van der Waals surface area contributed by atoms with Crippen molar-refractivity contribution in [3.05, 3.63) is 87.9 Å². The fourth-order valence-electron chi connectivity index (χ4n) is 4.85. The van der Waals surface area contributed by atoms with Gasteiger partial charge in [-0.1, -0.05) is 58.0 Å². The van der Waals surface area contributed by atoms with E-state index in [1.54, 1.807) is 13.2 Å². The van der Waals surface area contributed by atoms with Gasteiger partial charge in [0.05, 0.1) is 7.11 Å². The normalized spacial score (nSPS) is 16.2. The number of aryl methyl sites for hydroxylation is 1. The molecule has 1 amide bonds. The molecule has 1 aliphatic rings. The highest BCUT2D eigenvalue weighted by Gasteiger charge is 2.37. The Labute approximate surface area is 197 Å². The predicted molar refractivity (Wildman–Crippen MR) is 132 cm³/mol. The predicted octanol–water partition coefficient (Wildman–Crippen LogP) is 6.47. The molecule has 3 aromatic rings. The lowest BCUT2D eigenvalue weighted by atomic mass is 9.62. The van der Waals surface area contributed by atoms with Crippen LogP contribution in [-0.2, 0) is 23.8 Å². The van der Waals surface area contributed by atoms with Gasteiger partial charge in [0.1, 0.15) is 11.5 Å². The highest BCUT2D eigenvalue weighted by molar-refractivity contribution is 5.91. The van der Waals surface area contributed by atoms with E-state index in [1.165, 1.54) is 35.1 Å². The molecule has 1 aromatic heterocycles. The van der Waals surface area contributed by atoms with Crippen molar-refractivity contribution in [1.82, 2.24) is 5.32 Å². The standard InChI is InChI=1S/C29H35NO3/c1-19-15-23-24(29(4,5)14-13-28(23,2)3)17-21(19)16-22-11-12-26(33-22)27(31)30-18-20-9-7-8-10-25(20)32-6/h7-12,15,17H,13-14,16,18H2,1-6H3,(H,30,31). The molecular formula is C29H35NO3. The minimum Gasteiger partial charge on any atom is -0.496 e. The minimum atomic E-state index is -0.225. The molecule has 0 unspecified atom stereocenters. The van der Waals surface area contributed by atoms with E-state index in [-0.39, 0.29) is 16.7 Å². The molecule has 0 fully saturated rings. The second kappa shape index (κ2) is 8.74. The largest absolute Gasteiger partial charge is 0.496 e. The van der Waals surface area contributed by atoms with Crippen molar-refractivity contribution in [2.24, 2.45) is 0 Å². The van der Waals surface area contributed by atoms with E-state index in [1.807, 2.05) is 30.3 Å². The topological polar surface area (TPSA) is 51.5 Å². The summed E-state index contributed by atoms with van der Waals surface area (Å²) in [5.74, 6) is 1.66.